The molecule has 0 N–H and O–H groups in total. The third kappa shape index (κ3) is 5.20. The number of carbonyl (C=O) groups is 2. The van der Waals surface area contributed by atoms with Crippen molar-refractivity contribution < 1.29 is 18.4 Å². The van der Waals surface area contributed by atoms with Gasteiger partial charge in [0.2, 0.25) is 23.4 Å². The van der Waals surface area contributed by atoms with E-state index < -0.39 is 0 Å². The van der Waals surface area contributed by atoms with Gasteiger partial charge in [0, 0.05) is 58.3 Å². The van der Waals surface area contributed by atoms with Crippen molar-refractivity contribution in [2.45, 2.75) is 32.1 Å². The summed E-state index contributed by atoms with van der Waals surface area (Å²) in [7, 11) is 0. The SMILES string of the molecule is N#Cc1nc(-c2ccco2)oc1N1CCC(C(=O)N2CCN(CC(=O)N3CCCCC3)CC2)CC1. The fourth-order valence-electron chi connectivity index (χ4n) is 5.25. The fourth-order valence-corrected chi connectivity index (χ4v) is 5.25. The minimum absolute atomic E-state index is 0.0363. The minimum Gasteiger partial charge on any atom is -0.459 e. The summed E-state index contributed by atoms with van der Waals surface area (Å²) in [5, 5.41) is 9.50. The Morgan fingerprint density at radius 3 is 2.40 bits per heavy atom. The van der Waals surface area contributed by atoms with Crippen LogP contribution in [-0.4, -0.2) is 90.4 Å². The van der Waals surface area contributed by atoms with Gasteiger partial charge in [-0.15, -0.1) is 0 Å². The summed E-state index contributed by atoms with van der Waals surface area (Å²) in [5.41, 5.74) is 0.233. The zero-order valence-electron chi connectivity index (χ0n) is 20.0. The van der Waals surface area contributed by atoms with Crippen molar-refractivity contribution in [3.8, 4) is 17.7 Å². The smallest absolute Gasteiger partial charge is 0.266 e. The molecule has 10 nitrogen and oxygen atoms in total. The topological polar surface area (TPSA) is 110 Å². The van der Waals surface area contributed by atoms with Crippen LogP contribution in [0.2, 0.25) is 0 Å². The number of hydrogen-bond acceptors (Lipinski definition) is 8. The highest BCUT2D eigenvalue weighted by Crippen LogP contribution is 2.31. The van der Waals surface area contributed by atoms with Gasteiger partial charge in [0.15, 0.2) is 5.76 Å². The van der Waals surface area contributed by atoms with Crippen LogP contribution in [0.4, 0.5) is 5.88 Å². The predicted octanol–water partition coefficient (Wildman–Crippen LogP) is 2.18. The quantitative estimate of drug-likeness (QED) is 0.641. The van der Waals surface area contributed by atoms with E-state index in [1.54, 1.807) is 12.1 Å². The van der Waals surface area contributed by atoms with Crippen molar-refractivity contribution >= 4 is 17.7 Å². The lowest BCUT2D eigenvalue weighted by molar-refractivity contribution is -0.139. The minimum atomic E-state index is -0.0363. The van der Waals surface area contributed by atoms with Crippen LogP contribution >= 0.6 is 0 Å². The number of piperazine rings is 1. The maximum Gasteiger partial charge on any atom is 0.266 e. The van der Waals surface area contributed by atoms with Crippen LogP contribution in [0.15, 0.2) is 27.2 Å². The number of rotatable bonds is 5. The van der Waals surface area contributed by atoms with E-state index in [-0.39, 0.29) is 29.3 Å². The standard InChI is InChI=1S/C25H32N6O4/c26-17-20-25(35-23(27-20)21-5-4-16-34-21)31-10-6-19(7-11-31)24(33)30-14-12-28(13-15-30)18-22(32)29-8-2-1-3-9-29/h4-5,16,19H,1-3,6-15,18H2. The Labute approximate surface area is 205 Å². The molecule has 0 unspecified atom stereocenters. The molecular formula is C25H32N6O4. The van der Waals surface area contributed by atoms with Crippen LogP contribution in [0.1, 0.15) is 37.8 Å². The zero-order valence-corrected chi connectivity index (χ0v) is 20.0. The molecule has 0 radical (unpaired) electrons. The number of furan rings is 1. The lowest BCUT2D eigenvalue weighted by Crippen LogP contribution is -2.53. The highest BCUT2D eigenvalue weighted by atomic mass is 16.4. The average molecular weight is 481 g/mol. The van der Waals surface area contributed by atoms with Gasteiger partial charge in [0.1, 0.15) is 6.07 Å². The van der Waals surface area contributed by atoms with E-state index in [1.165, 1.54) is 12.7 Å². The molecular weight excluding hydrogens is 448 g/mol. The number of aromatic nitrogens is 1. The Morgan fingerprint density at radius 1 is 1.00 bits per heavy atom. The summed E-state index contributed by atoms with van der Waals surface area (Å²) in [5.74, 6) is 1.59. The zero-order chi connectivity index (χ0) is 24.2. The van der Waals surface area contributed by atoms with Gasteiger partial charge in [-0.2, -0.15) is 10.2 Å². The van der Waals surface area contributed by atoms with Crippen LogP contribution in [0.5, 0.6) is 0 Å². The number of amides is 2. The van der Waals surface area contributed by atoms with Crippen LogP contribution in [-0.2, 0) is 9.59 Å². The number of nitrogens with zero attached hydrogens (tertiary/aromatic N) is 6. The first-order valence-electron chi connectivity index (χ1n) is 12.6. The number of likely N-dealkylation sites (tertiary alicyclic amines) is 1. The molecule has 2 aromatic rings. The molecule has 10 heteroatoms. The van der Waals surface area contributed by atoms with Gasteiger partial charge in [0.25, 0.3) is 5.89 Å². The molecule has 2 amide bonds. The molecule has 0 aliphatic carbocycles. The van der Waals surface area contributed by atoms with Gasteiger partial charge < -0.3 is 23.5 Å². The lowest BCUT2D eigenvalue weighted by Gasteiger charge is -2.39. The second-order valence-electron chi connectivity index (χ2n) is 9.57. The summed E-state index contributed by atoms with van der Waals surface area (Å²) in [6, 6.07) is 5.59. The van der Waals surface area contributed by atoms with Gasteiger partial charge >= 0.3 is 0 Å². The van der Waals surface area contributed by atoms with E-state index in [1.807, 2.05) is 14.7 Å². The molecule has 0 bridgehead atoms. The van der Waals surface area contributed by atoms with Crippen LogP contribution < -0.4 is 4.90 Å². The summed E-state index contributed by atoms with van der Waals surface area (Å²) >= 11 is 0. The molecule has 3 aliphatic rings. The van der Waals surface area contributed by atoms with Crippen LogP contribution in [0.3, 0.4) is 0 Å². The van der Waals surface area contributed by atoms with Crippen molar-refractivity contribution in [1.82, 2.24) is 19.7 Å². The molecule has 5 rings (SSSR count). The predicted molar refractivity (Wildman–Crippen MR) is 127 cm³/mol. The van der Waals surface area contributed by atoms with Crippen molar-refractivity contribution in [2.75, 3.05) is 63.8 Å². The van der Waals surface area contributed by atoms with Crippen LogP contribution in [0, 0.1) is 17.2 Å². The fraction of sp³-hybridized carbons (Fsp3) is 0.600. The molecule has 186 valence electrons. The van der Waals surface area contributed by atoms with E-state index in [2.05, 4.69) is 16.0 Å². The van der Waals surface area contributed by atoms with Gasteiger partial charge in [-0.1, -0.05) is 0 Å². The van der Waals surface area contributed by atoms with Crippen molar-refractivity contribution in [3.05, 3.63) is 24.1 Å². The van der Waals surface area contributed by atoms with E-state index in [0.717, 1.165) is 39.0 Å². The molecule has 3 aliphatic heterocycles. The monoisotopic (exact) mass is 480 g/mol. The van der Waals surface area contributed by atoms with Gasteiger partial charge in [-0.05, 0) is 44.2 Å². The second kappa shape index (κ2) is 10.5. The summed E-state index contributed by atoms with van der Waals surface area (Å²) in [6.45, 7) is 6.28. The average Bonchev–Trinajstić information content (AvgIpc) is 3.60. The first-order valence-corrected chi connectivity index (χ1v) is 12.6. The van der Waals surface area contributed by atoms with E-state index in [4.69, 9.17) is 8.83 Å². The number of piperidine rings is 2. The largest absolute Gasteiger partial charge is 0.459 e. The number of anilines is 1. The molecule has 3 fully saturated rings. The number of hydrogen-bond donors (Lipinski definition) is 0. The van der Waals surface area contributed by atoms with Gasteiger partial charge in [-0.3, -0.25) is 14.5 Å². The summed E-state index contributed by atoms with van der Waals surface area (Å²) < 4.78 is 11.2. The number of nitriles is 1. The molecule has 5 heterocycles. The van der Waals surface area contributed by atoms with E-state index in [9.17, 15) is 14.9 Å². The molecule has 0 atom stereocenters. The maximum absolute atomic E-state index is 13.2. The van der Waals surface area contributed by atoms with E-state index in [0.29, 0.717) is 57.2 Å². The Hall–Kier alpha value is -3.32. The second-order valence-corrected chi connectivity index (χ2v) is 9.57. The number of carbonyl (C=O) groups excluding carboxylic acids is 2. The Balaban J connectivity index is 1.10. The molecule has 0 aromatic carbocycles. The van der Waals surface area contributed by atoms with E-state index >= 15 is 0 Å². The third-order valence-electron chi connectivity index (χ3n) is 7.33. The maximum atomic E-state index is 13.2. The first kappa shape index (κ1) is 23.4. The van der Waals surface area contributed by atoms with Gasteiger partial charge in [0.05, 0.1) is 12.8 Å². The normalized spacial score (nSPS) is 20.1. The molecule has 3 saturated heterocycles. The van der Waals surface area contributed by atoms with Crippen LogP contribution in [0.25, 0.3) is 11.7 Å². The Kier molecular flexibility index (Phi) is 7.04. The Morgan fingerprint density at radius 2 is 1.74 bits per heavy atom. The highest BCUT2D eigenvalue weighted by Gasteiger charge is 2.33. The van der Waals surface area contributed by atoms with Crippen molar-refractivity contribution in [3.63, 3.8) is 0 Å². The lowest BCUT2D eigenvalue weighted by atomic mass is 9.95. The molecule has 2 aromatic heterocycles. The highest BCUT2D eigenvalue weighted by molar-refractivity contribution is 5.80. The Bertz CT molecular complexity index is 1050. The van der Waals surface area contributed by atoms with Crippen molar-refractivity contribution in [2.24, 2.45) is 5.92 Å². The molecule has 35 heavy (non-hydrogen) atoms. The summed E-state index contributed by atoms with van der Waals surface area (Å²) in [6.07, 6.45) is 6.36. The summed E-state index contributed by atoms with van der Waals surface area (Å²) in [4.78, 5) is 38.1. The van der Waals surface area contributed by atoms with Gasteiger partial charge in [-0.25, -0.2) is 0 Å². The number of oxazole rings is 1. The molecule has 0 spiro atoms. The molecule has 0 saturated carbocycles. The van der Waals surface area contributed by atoms with Crippen molar-refractivity contribution in [1.29, 1.82) is 5.26 Å². The first-order chi connectivity index (χ1) is 17.1. The third-order valence-corrected chi connectivity index (χ3v) is 7.33.